The van der Waals surface area contributed by atoms with Crippen LogP contribution in [0.25, 0.3) is 0 Å². The second-order valence-electron chi connectivity index (χ2n) is 4.64. The Labute approximate surface area is 150 Å². The molecule has 0 N–H and O–H groups in total. The molecule has 3 nitrogen and oxygen atoms in total. The third-order valence-electron chi connectivity index (χ3n) is 3.16. The minimum Gasteiger partial charge on any atom is -0.497 e. The van der Waals surface area contributed by atoms with Crippen LogP contribution in [0.3, 0.4) is 0 Å². The zero-order valence-corrected chi connectivity index (χ0v) is 14.8. The molecule has 0 fully saturated rings. The molecule has 2 rings (SSSR count). The van der Waals surface area contributed by atoms with Gasteiger partial charge < -0.3 is 9.64 Å². The molecule has 0 saturated heterocycles. The van der Waals surface area contributed by atoms with E-state index in [-0.39, 0.29) is 22.7 Å². The van der Waals surface area contributed by atoms with Crippen LogP contribution in [0.5, 0.6) is 5.75 Å². The first-order chi connectivity index (χ1) is 10.2. The molecule has 0 heterocycles. The van der Waals surface area contributed by atoms with Crippen LogP contribution in [-0.2, 0) is 34.7 Å². The van der Waals surface area contributed by atoms with E-state index in [4.69, 9.17) is 4.74 Å². The summed E-state index contributed by atoms with van der Waals surface area (Å²) in [6.07, 6.45) is 0. The maximum Gasteiger partial charge on any atom is 0.233 e. The van der Waals surface area contributed by atoms with Gasteiger partial charge in [0.1, 0.15) is 5.75 Å². The Morgan fingerprint density at radius 1 is 1.09 bits per heavy atom. The number of carbonyl (C=O) groups excluding carboxylic acids is 1. The number of ether oxygens (including phenoxy) is 1. The van der Waals surface area contributed by atoms with E-state index >= 15 is 0 Å². The number of nitrogens with zero attached hydrogens (tertiary/aromatic N) is 1. The van der Waals surface area contributed by atoms with Crippen molar-refractivity contribution in [3.05, 3.63) is 65.7 Å². The second-order valence-corrected chi connectivity index (χ2v) is 5.20. The maximum absolute atomic E-state index is 12.1. The Bertz CT molecular complexity index is 575. The zero-order chi connectivity index (χ0) is 15.1. The maximum atomic E-state index is 12.1. The van der Waals surface area contributed by atoms with Crippen molar-refractivity contribution in [2.24, 2.45) is 0 Å². The van der Waals surface area contributed by atoms with Gasteiger partial charge in [-0.2, -0.15) is 30.3 Å². The summed E-state index contributed by atoms with van der Waals surface area (Å²) in [6, 6.07) is 18.4. The number of methoxy groups -OCH3 is 1. The molecule has 0 aromatic heterocycles. The van der Waals surface area contributed by atoms with E-state index in [2.05, 4.69) is 22.0 Å². The monoisotopic (exact) mass is 405 g/mol. The van der Waals surface area contributed by atoms with Crippen molar-refractivity contribution >= 4 is 21.8 Å². The molecule has 1 amide bonds. The Morgan fingerprint density at radius 3 is 2.14 bits per heavy atom. The number of rotatable bonds is 6. The van der Waals surface area contributed by atoms with Gasteiger partial charge in [0, 0.05) is 29.9 Å². The fourth-order valence-corrected chi connectivity index (χ4v) is 2.37. The molecule has 5 heteroatoms. The summed E-state index contributed by atoms with van der Waals surface area (Å²) < 4.78 is 5.15. The third kappa shape index (κ3) is 5.48. The molecular weight excluding hydrogens is 389 g/mol. The van der Waals surface area contributed by atoms with Crippen LogP contribution < -0.4 is 4.74 Å². The van der Waals surface area contributed by atoms with Gasteiger partial charge in [0.05, 0.1) is 12.4 Å². The largest absolute Gasteiger partial charge is 0.497 e. The van der Waals surface area contributed by atoms with Gasteiger partial charge in [0.2, 0.25) is 5.91 Å². The summed E-state index contributed by atoms with van der Waals surface area (Å²) >= 11 is 3.25. The average Bonchev–Trinajstić information content (AvgIpc) is 2.55. The van der Waals surface area contributed by atoms with Crippen molar-refractivity contribution in [3.8, 4) is 5.75 Å². The summed E-state index contributed by atoms with van der Waals surface area (Å²) in [5.41, 5.74) is 2.17. The molecule has 2 aromatic carbocycles. The second kappa shape index (κ2) is 9.66. The van der Waals surface area contributed by atoms with Gasteiger partial charge in [-0.1, -0.05) is 28.1 Å². The first-order valence-corrected chi connectivity index (χ1v) is 7.76. The molecule has 22 heavy (non-hydrogen) atoms. The topological polar surface area (TPSA) is 29.5 Å². The number of hydrogen-bond acceptors (Lipinski definition) is 2. The summed E-state index contributed by atoms with van der Waals surface area (Å²) in [5, 5.41) is 0.322. The van der Waals surface area contributed by atoms with Crippen LogP contribution in [0.4, 0.5) is 0 Å². The summed E-state index contributed by atoms with van der Waals surface area (Å²) in [7, 11) is 1.64. The molecule has 0 saturated carbocycles. The number of benzene rings is 2. The van der Waals surface area contributed by atoms with Crippen molar-refractivity contribution in [3.63, 3.8) is 0 Å². The van der Waals surface area contributed by atoms with Crippen molar-refractivity contribution in [2.45, 2.75) is 13.1 Å². The van der Waals surface area contributed by atoms with Crippen molar-refractivity contribution in [2.75, 3.05) is 12.4 Å². The average molecular weight is 406 g/mol. The van der Waals surface area contributed by atoms with E-state index in [0.717, 1.165) is 16.9 Å². The fourth-order valence-electron chi connectivity index (χ4n) is 2.02. The van der Waals surface area contributed by atoms with E-state index < -0.39 is 0 Å². The van der Waals surface area contributed by atoms with Gasteiger partial charge in [-0.15, -0.1) is 5.56 Å². The van der Waals surface area contributed by atoms with Gasteiger partial charge >= 0.3 is 0 Å². The van der Waals surface area contributed by atoms with Crippen molar-refractivity contribution < 1.29 is 26.3 Å². The number of hydrogen-bond donors (Lipinski definition) is 0. The normalized spacial score (nSPS) is 9.73. The molecular formula is C17H17BrCoNO2-. The van der Waals surface area contributed by atoms with Gasteiger partial charge in [0.25, 0.3) is 0 Å². The fraction of sp³-hybridized carbons (Fsp3) is 0.235. The summed E-state index contributed by atoms with van der Waals surface area (Å²) in [4.78, 5) is 13.9. The first kappa shape index (κ1) is 18.7. The van der Waals surface area contributed by atoms with Crippen LogP contribution in [0.2, 0.25) is 0 Å². The Balaban J connectivity index is 0.00000242. The molecule has 0 atom stereocenters. The predicted octanol–water partition coefficient (Wildman–Crippen LogP) is 3.42. The molecule has 2 aromatic rings. The van der Waals surface area contributed by atoms with E-state index in [1.807, 2.05) is 53.4 Å². The molecule has 0 unspecified atom stereocenters. The van der Waals surface area contributed by atoms with Gasteiger partial charge in [-0.3, -0.25) is 4.79 Å². The van der Waals surface area contributed by atoms with E-state index in [1.54, 1.807) is 7.11 Å². The van der Waals surface area contributed by atoms with Gasteiger partial charge in [0.15, 0.2) is 0 Å². The molecule has 0 aliphatic heterocycles. The van der Waals surface area contributed by atoms with E-state index in [0.29, 0.717) is 18.4 Å². The quantitative estimate of drug-likeness (QED) is 0.544. The Hall–Kier alpha value is -1.30. The van der Waals surface area contributed by atoms with Crippen molar-refractivity contribution in [1.82, 2.24) is 4.90 Å². The molecule has 0 aliphatic rings. The molecule has 0 spiro atoms. The standard InChI is InChI=1S/C17H17BrNO2.Co/c1-21-16-9-7-15(8-10-16)13-19(17(20)11-18)12-14-5-3-2-4-6-14;/h3-10H,11-13H2,1H3;/q-1;. The third-order valence-corrected chi connectivity index (χ3v) is 3.64. The molecule has 119 valence electrons. The minimum absolute atomic E-state index is 0. The molecule has 1 radical (unpaired) electrons. The van der Waals surface area contributed by atoms with Gasteiger partial charge in [-0.25, -0.2) is 0 Å². The smallest absolute Gasteiger partial charge is 0.233 e. The van der Waals surface area contributed by atoms with E-state index in [9.17, 15) is 4.79 Å². The summed E-state index contributed by atoms with van der Waals surface area (Å²) in [5.74, 6) is 0.884. The van der Waals surface area contributed by atoms with Crippen LogP contribution >= 0.6 is 15.9 Å². The van der Waals surface area contributed by atoms with Crippen molar-refractivity contribution in [1.29, 1.82) is 0 Å². The van der Waals surface area contributed by atoms with Gasteiger partial charge in [-0.05, 0) is 17.7 Å². The first-order valence-electron chi connectivity index (χ1n) is 6.64. The number of halogens is 1. The van der Waals surface area contributed by atoms with Crippen LogP contribution in [0.15, 0.2) is 48.5 Å². The minimum atomic E-state index is 0. The summed E-state index contributed by atoms with van der Waals surface area (Å²) in [6.45, 7) is 1.16. The molecule has 0 aliphatic carbocycles. The van der Waals surface area contributed by atoms with Crippen LogP contribution in [0, 0.1) is 6.07 Å². The van der Waals surface area contributed by atoms with Crippen LogP contribution in [-0.4, -0.2) is 23.2 Å². The Morgan fingerprint density at radius 2 is 1.64 bits per heavy atom. The number of alkyl halides is 1. The number of amides is 1. The SMILES string of the molecule is COc1ccc(CN(Cc2cc[c-]cc2)C(=O)CBr)cc1.[Co]. The number of carbonyl (C=O) groups is 1. The predicted molar refractivity (Wildman–Crippen MR) is 86.3 cm³/mol. The molecule has 0 bridgehead atoms. The van der Waals surface area contributed by atoms with Crippen LogP contribution in [0.1, 0.15) is 11.1 Å². The Kier molecular flexibility index (Phi) is 8.23. The zero-order valence-electron chi connectivity index (χ0n) is 12.2. The van der Waals surface area contributed by atoms with E-state index in [1.165, 1.54) is 0 Å².